The van der Waals surface area contributed by atoms with Gasteiger partial charge in [0, 0.05) is 12.1 Å². The van der Waals surface area contributed by atoms with Crippen LogP contribution in [0.3, 0.4) is 0 Å². The van der Waals surface area contributed by atoms with Crippen molar-refractivity contribution in [1.82, 2.24) is 10.3 Å². The van der Waals surface area contributed by atoms with Gasteiger partial charge in [-0.3, -0.25) is 4.79 Å². The Labute approximate surface area is 145 Å². The Morgan fingerprint density at radius 2 is 2.16 bits per heavy atom. The number of aromatic nitrogens is 1. The average Bonchev–Trinajstić information content (AvgIpc) is 3.00. The van der Waals surface area contributed by atoms with E-state index in [9.17, 15) is 4.79 Å². The zero-order valence-electron chi connectivity index (χ0n) is 13.8. The van der Waals surface area contributed by atoms with Crippen LogP contribution in [0, 0.1) is 0 Å². The van der Waals surface area contributed by atoms with Crippen molar-refractivity contribution in [2.45, 2.75) is 18.4 Å². The average molecular weight is 337 g/mol. The van der Waals surface area contributed by atoms with Gasteiger partial charge in [0.2, 0.25) is 0 Å². The van der Waals surface area contributed by atoms with Gasteiger partial charge in [0.05, 0.1) is 24.4 Å². The summed E-state index contributed by atoms with van der Waals surface area (Å²) < 4.78 is 11.2. The molecule has 2 aliphatic heterocycles. The molecule has 3 heterocycles. The molecule has 0 bridgehead atoms. The predicted molar refractivity (Wildman–Crippen MR) is 92.6 cm³/mol. The molecule has 0 radical (unpaired) electrons. The highest BCUT2D eigenvalue weighted by molar-refractivity contribution is 5.94. The largest absolute Gasteiger partial charge is 0.480 e. The maximum atomic E-state index is 11.6. The van der Waals surface area contributed by atoms with Crippen molar-refractivity contribution in [2.24, 2.45) is 0 Å². The topological polar surface area (TPSA) is 72.5 Å². The van der Waals surface area contributed by atoms with E-state index in [0.29, 0.717) is 18.2 Å². The highest BCUT2D eigenvalue weighted by atomic mass is 16.5. The molecule has 1 spiro atoms. The maximum absolute atomic E-state index is 11.6. The second-order valence-electron chi connectivity index (χ2n) is 6.77. The molecule has 1 atom stereocenters. The Morgan fingerprint density at radius 3 is 3.04 bits per heavy atom. The molecular formula is C19H19N3O3. The molecule has 3 aliphatic rings. The van der Waals surface area contributed by atoms with Gasteiger partial charge in [-0.05, 0) is 36.1 Å². The minimum atomic E-state index is -0.169. The van der Waals surface area contributed by atoms with Crippen molar-refractivity contribution in [3.8, 4) is 17.0 Å². The van der Waals surface area contributed by atoms with E-state index in [1.165, 1.54) is 11.1 Å². The number of hydrogen-bond donors (Lipinski definition) is 2. The zero-order chi connectivity index (χ0) is 16.9. The third-order valence-corrected chi connectivity index (χ3v) is 5.30. The number of nitrogens with zero attached hydrogens (tertiary/aromatic N) is 1. The van der Waals surface area contributed by atoms with E-state index in [0.717, 1.165) is 37.3 Å². The fraction of sp³-hybridized carbons (Fsp3) is 0.368. The lowest BCUT2D eigenvalue weighted by Gasteiger charge is -2.35. The molecule has 0 saturated carbocycles. The first-order valence-corrected chi connectivity index (χ1v) is 8.64. The SMILES string of the molecule is O=C1COc2ccc(-c3cccc4c3CCC43COCCN3)nc2N1. The quantitative estimate of drug-likeness (QED) is 0.831. The van der Waals surface area contributed by atoms with Gasteiger partial charge in [-0.1, -0.05) is 18.2 Å². The summed E-state index contributed by atoms with van der Waals surface area (Å²) in [5.41, 5.74) is 4.52. The summed E-state index contributed by atoms with van der Waals surface area (Å²) in [5, 5.41) is 6.45. The second kappa shape index (κ2) is 5.54. The molecule has 1 aromatic heterocycles. The molecule has 1 saturated heterocycles. The van der Waals surface area contributed by atoms with Crippen LogP contribution in [0.25, 0.3) is 11.3 Å². The van der Waals surface area contributed by atoms with Gasteiger partial charge in [0.1, 0.15) is 0 Å². The number of anilines is 1. The van der Waals surface area contributed by atoms with Gasteiger partial charge >= 0.3 is 0 Å². The van der Waals surface area contributed by atoms with Crippen LogP contribution < -0.4 is 15.4 Å². The van der Waals surface area contributed by atoms with Gasteiger partial charge in [-0.25, -0.2) is 4.98 Å². The monoisotopic (exact) mass is 337 g/mol. The van der Waals surface area contributed by atoms with Crippen LogP contribution in [0.5, 0.6) is 5.75 Å². The Balaban J connectivity index is 1.58. The number of pyridine rings is 1. The van der Waals surface area contributed by atoms with Crippen molar-refractivity contribution in [1.29, 1.82) is 0 Å². The lowest BCUT2D eigenvalue weighted by Crippen LogP contribution is -2.50. The first-order valence-electron chi connectivity index (χ1n) is 8.64. The van der Waals surface area contributed by atoms with Gasteiger partial charge in [-0.2, -0.15) is 0 Å². The smallest absolute Gasteiger partial charge is 0.263 e. The van der Waals surface area contributed by atoms with E-state index < -0.39 is 0 Å². The van der Waals surface area contributed by atoms with Crippen molar-refractivity contribution in [3.05, 3.63) is 41.5 Å². The summed E-state index contributed by atoms with van der Waals surface area (Å²) in [6, 6.07) is 10.2. The molecule has 128 valence electrons. The highest BCUT2D eigenvalue weighted by Crippen LogP contribution is 2.42. The van der Waals surface area contributed by atoms with E-state index in [2.05, 4.69) is 33.8 Å². The summed E-state index contributed by atoms with van der Waals surface area (Å²) in [6.07, 6.45) is 2.02. The Hall–Kier alpha value is -2.44. The Morgan fingerprint density at radius 1 is 1.20 bits per heavy atom. The summed E-state index contributed by atoms with van der Waals surface area (Å²) >= 11 is 0. The van der Waals surface area contributed by atoms with Crippen LogP contribution in [0.1, 0.15) is 17.5 Å². The lowest BCUT2D eigenvalue weighted by atomic mass is 9.90. The number of ether oxygens (including phenoxy) is 2. The number of carbonyl (C=O) groups is 1. The van der Waals surface area contributed by atoms with Crippen LogP contribution in [0.4, 0.5) is 5.82 Å². The molecule has 1 amide bonds. The zero-order valence-corrected chi connectivity index (χ0v) is 13.8. The number of rotatable bonds is 1. The summed E-state index contributed by atoms with van der Waals surface area (Å²) in [6.45, 7) is 2.40. The van der Waals surface area contributed by atoms with Gasteiger partial charge in [0.15, 0.2) is 18.2 Å². The molecule has 2 aromatic rings. The second-order valence-corrected chi connectivity index (χ2v) is 6.77. The molecule has 1 unspecified atom stereocenters. The molecule has 25 heavy (non-hydrogen) atoms. The van der Waals surface area contributed by atoms with Gasteiger partial charge < -0.3 is 20.1 Å². The van der Waals surface area contributed by atoms with E-state index in [-0.39, 0.29) is 18.1 Å². The van der Waals surface area contributed by atoms with Crippen LogP contribution in [-0.2, 0) is 21.5 Å². The minimum absolute atomic E-state index is 0.0446. The maximum Gasteiger partial charge on any atom is 0.263 e. The Kier molecular flexibility index (Phi) is 3.29. The third-order valence-electron chi connectivity index (χ3n) is 5.30. The molecule has 5 rings (SSSR count). The number of hydrogen-bond acceptors (Lipinski definition) is 5. The number of carbonyl (C=O) groups excluding carboxylic acids is 1. The molecule has 6 heteroatoms. The summed E-state index contributed by atoms with van der Waals surface area (Å²) in [7, 11) is 0. The van der Waals surface area contributed by atoms with Crippen LogP contribution in [0.15, 0.2) is 30.3 Å². The Bertz CT molecular complexity index is 859. The number of benzene rings is 1. The molecule has 2 N–H and O–H groups in total. The number of nitrogens with one attached hydrogen (secondary N) is 2. The normalized spacial score (nSPS) is 24.4. The fourth-order valence-corrected chi connectivity index (χ4v) is 4.12. The molecule has 1 aromatic carbocycles. The summed E-state index contributed by atoms with van der Waals surface area (Å²) in [4.78, 5) is 16.2. The standard InChI is InChI=1S/C19H19N3O3/c23-17-10-25-16-5-4-15(21-18(16)22-17)13-2-1-3-14-12(13)6-7-19(14)11-24-9-8-20-19/h1-5,20H,6-11H2,(H,21,22,23). The first kappa shape index (κ1) is 14.9. The lowest BCUT2D eigenvalue weighted by molar-refractivity contribution is -0.118. The van der Waals surface area contributed by atoms with Crippen LogP contribution in [-0.4, -0.2) is 37.3 Å². The molecular weight excluding hydrogens is 318 g/mol. The van der Waals surface area contributed by atoms with Crippen molar-refractivity contribution >= 4 is 11.7 Å². The molecule has 1 fully saturated rings. The van der Waals surface area contributed by atoms with Gasteiger partial charge in [-0.15, -0.1) is 0 Å². The van der Waals surface area contributed by atoms with E-state index in [4.69, 9.17) is 9.47 Å². The highest BCUT2D eigenvalue weighted by Gasteiger charge is 2.41. The van der Waals surface area contributed by atoms with E-state index in [1.807, 2.05) is 12.1 Å². The van der Waals surface area contributed by atoms with Crippen LogP contribution in [0.2, 0.25) is 0 Å². The first-order chi connectivity index (χ1) is 12.3. The minimum Gasteiger partial charge on any atom is -0.480 e. The van der Waals surface area contributed by atoms with E-state index in [1.54, 1.807) is 0 Å². The molecule has 1 aliphatic carbocycles. The third kappa shape index (κ3) is 2.33. The summed E-state index contributed by atoms with van der Waals surface area (Å²) in [5.74, 6) is 0.950. The fourth-order valence-electron chi connectivity index (χ4n) is 4.12. The number of fused-ring (bicyclic) bond motifs is 3. The van der Waals surface area contributed by atoms with Crippen LogP contribution >= 0.6 is 0 Å². The predicted octanol–water partition coefficient (Wildman–Crippen LogP) is 1.84. The molecule has 6 nitrogen and oxygen atoms in total. The van der Waals surface area contributed by atoms with Crippen molar-refractivity contribution in [3.63, 3.8) is 0 Å². The number of morpholine rings is 1. The number of amides is 1. The van der Waals surface area contributed by atoms with Crippen molar-refractivity contribution in [2.75, 3.05) is 31.7 Å². The van der Waals surface area contributed by atoms with E-state index >= 15 is 0 Å². The van der Waals surface area contributed by atoms with Crippen molar-refractivity contribution < 1.29 is 14.3 Å². The van der Waals surface area contributed by atoms with Gasteiger partial charge in [0.25, 0.3) is 5.91 Å².